The molecule has 0 heterocycles. The normalized spacial score (nSPS) is 12.0. The average Bonchev–Trinajstić information content (AvgIpc) is 2.29. The minimum atomic E-state index is 0.484. The van der Waals surface area contributed by atoms with Crippen molar-refractivity contribution in [3.8, 4) is 0 Å². The molecule has 0 unspecified atom stereocenters. The highest BCUT2D eigenvalue weighted by molar-refractivity contribution is 4.60. The number of hydrogen-bond acceptors (Lipinski definition) is 2. The fourth-order valence-corrected chi connectivity index (χ4v) is 1.88. The summed E-state index contributed by atoms with van der Waals surface area (Å²) in [4.78, 5) is 10.3. The Morgan fingerprint density at radius 3 is 1.67 bits per heavy atom. The molecule has 0 aromatic carbocycles. The molecule has 0 aromatic rings. The molecule has 2 heteroatoms. The Bertz CT molecular complexity index is 161. The van der Waals surface area contributed by atoms with Gasteiger partial charge < -0.3 is 0 Å². The first-order valence-corrected chi connectivity index (χ1v) is 7.80. The van der Waals surface area contributed by atoms with Gasteiger partial charge in [-0.25, -0.2) is 9.78 Å². The summed E-state index contributed by atoms with van der Waals surface area (Å²) in [7, 11) is 0. The van der Waals surface area contributed by atoms with Crippen molar-refractivity contribution in [2.75, 3.05) is 13.2 Å². The minimum Gasteiger partial charge on any atom is -0.237 e. The lowest BCUT2D eigenvalue weighted by Crippen LogP contribution is -2.04. The zero-order valence-corrected chi connectivity index (χ0v) is 13.1. The first kappa shape index (κ1) is 17.9. The van der Waals surface area contributed by atoms with E-state index in [4.69, 9.17) is 9.78 Å². The second-order valence-corrected chi connectivity index (χ2v) is 6.43. The zero-order chi connectivity index (χ0) is 13.7. The summed E-state index contributed by atoms with van der Waals surface area (Å²) in [5.41, 5.74) is 0.484. The lowest BCUT2D eigenvalue weighted by Gasteiger charge is -2.17. The Labute approximate surface area is 114 Å². The van der Waals surface area contributed by atoms with Crippen molar-refractivity contribution in [3.05, 3.63) is 0 Å². The van der Waals surface area contributed by atoms with Crippen LogP contribution in [0.25, 0.3) is 0 Å². The van der Waals surface area contributed by atoms with E-state index in [9.17, 15) is 0 Å². The quantitative estimate of drug-likeness (QED) is 0.261. The fraction of sp³-hybridized carbons (Fsp3) is 1.00. The van der Waals surface area contributed by atoms with Gasteiger partial charge in [-0.2, -0.15) is 0 Å². The first-order valence-electron chi connectivity index (χ1n) is 7.80. The Balaban J connectivity index is 2.99. The molecule has 0 bridgehead atoms. The van der Waals surface area contributed by atoms with Crippen LogP contribution in [-0.2, 0) is 9.78 Å². The molecular weight excluding hydrogens is 224 g/mol. The van der Waals surface area contributed by atoms with E-state index >= 15 is 0 Å². The van der Waals surface area contributed by atoms with Crippen LogP contribution >= 0.6 is 0 Å². The predicted molar refractivity (Wildman–Crippen MR) is 78.6 cm³/mol. The molecule has 18 heavy (non-hydrogen) atoms. The molecule has 0 radical (unpaired) electrons. The van der Waals surface area contributed by atoms with Gasteiger partial charge in [0.25, 0.3) is 0 Å². The van der Waals surface area contributed by atoms with Gasteiger partial charge in [-0.1, -0.05) is 66.2 Å². The topological polar surface area (TPSA) is 18.5 Å². The fourth-order valence-electron chi connectivity index (χ4n) is 1.88. The van der Waals surface area contributed by atoms with Crippen LogP contribution in [0.2, 0.25) is 0 Å². The third kappa shape index (κ3) is 15.9. The summed E-state index contributed by atoms with van der Waals surface area (Å²) in [6.07, 6.45) is 11.3. The van der Waals surface area contributed by atoms with Crippen LogP contribution in [0.3, 0.4) is 0 Å². The molecule has 2 nitrogen and oxygen atoms in total. The van der Waals surface area contributed by atoms with Crippen molar-refractivity contribution in [2.45, 2.75) is 85.5 Å². The third-order valence-electron chi connectivity index (χ3n) is 3.07. The second-order valence-electron chi connectivity index (χ2n) is 6.43. The van der Waals surface area contributed by atoms with Gasteiger partial charge in [0.2, 0.25) is 0 Å². The van der Waals surface area contributed by atoms with E-state index in [0.29, 0.717) is 5.41 Å². The smallest absolute Gasteiger partial charge is 0.0822 e. The highest BCUT2D eigenvalue weighted by atomic mass is 17.2. The van der Waals surface area contributed by atoms with Crippen LogP contribution in [0.5, 0.6) is 0 Å². The maximum atomic E-state index is 5.16. The van der Waals surface area contributed by atoms with Gasteiger partial charge in [0, 0.05) is 0 Å². The summed E-state index contributed by atoms with van der Waals surface area (Å²) in [5, 5.41) is 0. The van der Waals surface area contributed by atoms with E-state index in [1.54, 1.807) is 0 Å². The number of hydrogen-bond donors (Lipinski definition) is 0. The van der Waals surface area contributed by atoms with Crippen LogP contribution in [0.1, 0.15) is 85.5 Å². The Hall–Kier alpha value is -0.0800. The Kier molecular flexibility index (Phi) is 11.9. The van der Waals surface area contributed by atoms with E-state index in [2.05, 4.69) is 27.7 Å². The molecule has 0 saturated carbocycles. The lowest BCUT2D eigenvalue weighted by molar-refractivity contribution is -0.295. The number of unbranched alkanes of at least 4 members (excludes halogenated alkanes) is 6. The molecule has 0 aliphatic rings. The maximum Gasteiger partial charge on any atom is 0.0822 e. The van der Waals surface area contributed by atoms with E-state index in [1.807, 2.05) is 0 Å². The SMILES string of the molecule is CCCCCCOOCCCCCCC(C)(C)C. The average molecular weight is 258 g/mol. The Morgan fingerprint density at radius 2 is 1.17 bits per heavy atom. The van der Waals surface area contributed by atoms with Crippen molar-refractivity contribution >= 4 is 0 Å². The summed E-state index contributed by atoms with van der Waals surface area (Å²) in [5.74, 6) is 0. The monoisotopic (exact) mass is 258 g/mol. The van der Waals surface area contributed by atoms with Crippen molar-refractivity contribution in [2.24, 2.45) is 5.41 Å². The van der Waals surface area contributed by atoms with Crippen molar-refractivity contribution in [1.82, 2.24) is 0 Å². The molecular formula is C16H34O2. The van der Waals surface area contributed by atoms with Crippen LogP contribution in [-0.4, -0.2) is 13.2 Å². The van der Waals surface area contributed by atoms with E-state index in [0.717, 1.165) is 26.1 Å². The zero-order valence-electron chi connectivity index (χ0n) is 13.1. The molecule has 0 aromatic heterocycles. The van der Waals surface area contributed by atoms with Crippen LogP contribution < -0.4 is 0 Å². The molecule has 0 saturated heterocycles. The highest BCUT2D eigenvalue weighted by Gasteiger charge is 2.08. The standard InChI is InChI=1S/C16H34O2/c1-5-6-7-11-14-17-18-15-12-9-8-10-13-16(2,3)4/h5-15H2,1-4H3. The van der Waals surface area contributed by atoms with Crippen molar-refractivity contribution in [1.29, 1.82) is 0 Å². The van der Waals surface area contributed by atoms with Gasteiger partial charge in [0.15, 0.2) is 0 Å². The van der Waals surface area contributed by atoms with Gasteiger partial charge in [-0.3, -0.25) is 0 Å². The Morgan fingerprint density at radius 1 is 0.667 bits per heavy atom. The first-order chi connectivity index (χ1) is 8.56. The minimum absolute atomic E-state index is 0.484. The molecule has 0 atom stereocenters. The number of rotatable bonds is 12. The van der Waals surface area contributed by atoms with Gasteiger partial charge in [-0.05, 0) is 24.7 Å². The summed E-state index contributed by atoms with van der Waals surface area (Å²) >= 11 is 0. The molecule has 110 valence electrons. The second kappa shape index (κ2) is 12.0. The maximum absolute atomic E-state index is 5.16. The molecule has 0 rings (SSSR count). The van der Waals surface area contributed by atoms with Crippen LogP contribution in [0, 0.1) is 5.41 Å². The molecule has 0 aliphatic carbocycles. The van der Waals surface area contributed by atoms with E-state index in [1.165, 1.54) is 44.9 Å². The van der Waals surface area contributed by atoms with Gasteiger partial charge in [0.05, 0.1) is 13.2 Å². The molecule has 0 spiro atoms. The van der Waals surface area contributed by atoms with E-state index in [-0.39, 0.29) is 0 Å². The molecule has 0 fully saturated rings. The van der Waals surface area contributed by atoms with E-state index < -0.39 is 0 Å². The molecule has 0 aliphatic heterocycles. The molecule has 0 amide bonds. The largest absolute Gasteiger partial charge is 0.237 e. The van der Waals surface area contributed by atoms with Crippen LogP contribution in [0.4, 0.5) is 0 Å². The molecule has 0 N–H and O–H groups in total. The van der Waals surface area contributed by atoms with Crippen molar-refractivity contribution < 1.29 is 9.78 Å². The van der Waals surface area contributed by atoms with Crippen LogP contribution in [0.15, 0.2) is 0 Å². The predicted octanol–water partition coefficient (Wildman–Crippen LogP) is 5.51. The van der Waals surface area contributed by atoms with Gasteiger partial charge >= 0.3 is 0 Å². The van der Waals surface area contributed by atoms with Gasteiger partial charge in [0.1, 0.15) is 0 Å². The lowest BCUT2D eigenvalue weighted by atomic mass is 9.89. The van der Waals surface area contributed by atoms with Gasteiger partial charge in [-0.15, -0.1) is 0 Å². The summed E-state index contributed by atoms with van der Waals surface area (Å²) in [6.45, 7) is 10.7. The van der Waals surface area contributed by atoms with Crippen molar-refractivity contribution in [3.63, 3.8) is 0 Å². The third-order valence-corrected chi connectivity index (χ3v) is 3.07. The summed E-state index contributed by atoms with van der Waals surface area (Å²) < 4.78 is 0. The highest BCUT2D eigenvalue weighted by Crippen LogP contribution is 2.22. The summed E-state index contributed by atoms with van der Waals surface area (Å²) in [6, 6.07) is 0.